The van der Waals surface area contributed by atoms with Crippen molar-refractivity contribution in [2.45, 2.75) is 0 Å². The Morgan fingerprint density at radius 2 is 1.42 bits per heavy atom. The number of benzene rings is 3. The molecule has 0 radical (unpaired) electrons. The maximum absolute atomic E-state index is 6.02. The summed E-state index contributed by atoms with van der Waals surface area (Å²) in [5.74, 6) is 0.765. The van der Waals surface area contributed by atoms with Gasteiger partial charge >= 0.3 is 0 Å². The Morgan fingerprint density at radius 1 is 0.833 bits per heavy atom. The molecule has 0 saturated carbocycles. The molecule has 118 valence electrons. The predicted molar refractivity (Wildman–Crippen MR) is 96.2 cm³/mol. The summed E-state index contributed by atoms with van der Waals surface area (Å²) in [4.78, 5) is 4.73. The number of fused-ring (bicyclic) bond motifs is 2. The van der Waals surface area contributed by atoms with Crippen LogP contribution in [0.2, 0.25) is 0 Å². The molecule has 5 nitrogen and oxygen atoms in total. The highest BCUT2D eigenvalue weighted by Gasteiger charge is 2.23. The van der Waals surface area contributed by atoms with Crippen LogP contribution >= 0.6 is 0 Å². The number of hydrogen-bond acceptors (Lipinski definition) is 4. The number of nitrogens with two attached hydrogens (primary N) is 2. The van der Waals surface area contributed by atoms with Crippen LogP contribution in [-0.2, 0) is 0 Å². The first kappa shape index (κ1) is 14.3. The Labute approximate surface area is 139 Å². The molecule has 24 heavy (non-hydrogen) atoms. The van der Waals surface area contributed by atoms with Gasteiger partial charge in [-0.1, -0.05) is 12.1 Å². The molecule has 0 atom stereocenters. The monoisotopic (exact) mass is 317 g/mol. The minimum Gasteiger partial charge on any atom is -0.490 e. The van der Waals surface area contributed by atoms with E-state index >= 15 is 0 Å². The average Bonchev–Trinajstić information content (AvgIpc) is 2.60. The number of rotatable bonds is 2. The molecule has 0 unspecified atom stereocenters. The molecule has 0 aliphatic carbocycles. The molecular formula is C19H17N4O+. The van der Waals surface area contributed by atoms with E-state index in [0.717, 1.165) is 33.5 Å². The molecule has 1 heterocycles. The van der Waals surface area contributed by atoms with Crippen molar-refractivity contribution >= 4 is 33.4 Å². The van der Waals surface area contributed by atoms with Crippen LogP contribution < -0.4 is 20.8 Å². The lowest BCUT2D eigenvalue weighted by atomic mass is 10.2. The standard InChI is InChI=1S/C19H16N4O/c1-24-19-5-3-2-4-16(19)23-17-10-12(20)6-8-14(17)22-15-9-7-13(21)11-18(15)23/h2-11H,1H3,(H3,20,21)/p+1. The van der Waals surface area contributed by atoms with Gasteiger partial charge < -0.3 is 16.2 Å². The lowest BCUT2D eigenvalue weighted by molar-refractivity contribution is -0.538. The molecule has 0 saturated heterocycles. The predicted octanol–water partition coefficient (Wildman–Crippen LogP) is 2.84. The third-order valence-corrected chi connectivity index (χ3v) is 4.05. The van der Waals surface area contributed by atoms with E-state index in [-0.39, 0.29) is 0 Å². The molecule has 0 amide bonds. The molecule has 4 rings (SSSR count). The number of nitrogen functional groups attached to an aromatic ring is 2. The van der Waals surface area contributed by atoms with E-state index in [4.69, 9.17) is 21.2 Å². The molecule has 0 aliphatic rings. The number of ether oxygens (including phenoxy) is 1. The van der Waals surface area contributed by atoms with Gasteiger partial charge in [-0.3, -0.25) is 0 Å². The second kappa shape index (κ2) is 5.38. The van der Waals surface area contributed by atoms with Crippen LogP contribution in [0, 0.1) is 0 Å². The van der Waals surface area contributed by atoms with Crippen LogP contribution in [0.1, 0.15) is 0 Å². The van der Waals surface area contributed by atoms with E-state index in [1.54, 1.807) is 7.11 Å². The van der Waals surface area contributed by atoms with Crippen molar-refractivity contribution in [1.29, 1.82) is 0 Å². The van der Waals surface area contributed by atoms with Crippen molar-refractivity contribution in [3.63, 3.8) is 0 Å². The Morgan fingerprint density at radius 3 is 2.00 bits per heavy atom. The van der Waals surface area contributed by atoms with Gasteiger partial charge in [-0.25, -0.2) is 4.98 Å². The van der Waals surface area contributed by atoms with E-state index < -0.39 is 0 Å². The SMILES string of the molecule is COc1ccccc1-[n+]1c2cc(N)ccc2nc2ccc(N)cc21. The maximum Gasteiger partial charge on any atom is 0.254 e. The molecule has 0 aliphatic heterocycles. The highest BCUT2D eigenvalue weighted by atomic mass is 16.5. The Bertz CT molecular complexity index is 1020. The fraction of sp³-hybridized carbons (Fsp3) is 0.0526. The highest BCUT2D eigenvalue weighted by molar-refractivity contribution is 5.85. The quantitative estimate of drug-likeness (QED) is 0.338. The lowest BCUT2D eigenvalue weighted by Crippen LogP contribution is -2.34. The molecule has 0 fully saturated rings. The normalized spacial score (nSPS) is 11.0. The number of anilines is 2. The number of nitrogens with zero attached hydrogens (tertiary/aromatic N) is 2. The zero-order valence-electron chi connectivity index (χ0n) is 13.2. The van der Waals surface area contributed by atoms with E-state index in [9.17, 15) is 0 Å². The topological polar surface area (TPSA) is 78.0 Å². The van der Waals surface area contributed by atoms with Crippen molar-refractivity contribution in [2.24, 2.45) is 0 Å². The van der Waals surface area contributed by atoms with Crippen LogP contribution in [0.25, 0.3) is 27.8 Å². The molecule has 0 bridgehead atoms. The second-order valence-electron chi connectivity index (χ2n) is 5.62. The van der Waals surface area contributed by atoms with Gasteiger partial charge in [0, 0.05) is 29.6 Å². The van der Waals surface area contributed by atoms with E-state index in [1.165, 1.54) is 0 Å². The summed E-state index contributed by atoms with van der Waals surface area (Å²) in [6, 6.07) is 19.2. The zero-order valence-corrected chi connectivity index (χ0v) is 13.2. The van der Waals surface area contributed by atoms with Crippen molar-refractivity contribution < 1.29 is 9.30 Å². The highest BCUT2D eigenvalue weighted by Crippen LogP contribution is 2.25. The van der Waals surface area contributed by atoms with E-state index in [0.29, 0.717) is 11.4 Å². The van der Waals surface area contributed by atoms with Crippen molar-refractivity contribution in [1.82, 2.24) is 4.98 Å². The van der Waals surface area contributed by atoms with Crippen molar-refractivity contribution in [3.8, 4) is 11.4 Å². The number of hydrogen-bond donors (Lipinski definition) is 2. The van der Waals surface area contributed by atoms with Crippen LogP contribution in [0.4, 0.5) is 11.4 Å². The van der Waals surface area contributed by atoms with Gasteiger partial charge in [-0.05, 0) is 30.3 Å². The van der Waals surface area contributed by atoms with Crippen LogP contribution in [0.5, 0.6) is 5.75 Å². The van der Waals surface area contributed by atoms with Gasteiger partial charge in [0.25, 0.3) is 5.69 Å². The van der Waals surface area contributed by atoms with E-state index in [1.807, 2.05) is 60.7 Å². The first-order valence-corrected chi connectivity index (χ1v) is 7.61. The summed E-state index contributed by atoms with van der Waals surface area (Å²) < 4.78 is 7.64. The fourth-order valence-electron chi connectivity index (χ4n) is 2.96. The van der Waals surface area contributed by atoms with Gasteiger partial charge in [-0.2, -0.15) is 0 Å². The first-order valence-electron chi connectivity index (χ1n) is 7.61. The van der Waals surface area contributed by atoms with Crippen molar-refractivity contribution in [2.75, 3.05) is 18.6 Å². The van der Waals surface area contributed by atoms with Gasteiger partial charge in [0.15, 0.2) is 5.75 Å². The first-order chi connectivity index (χ1) is 11.7. The number of aromatic nitrogens is 2. The Hall–Kier alpha value is -3.34. The Balaban J connectivity index is 2.24. The summed E-state index contributed by atoms with van der Waals surface area (Å²) in [5.41, 5.74) is 17.8. The summed E-state index contributed by atoms with van der Waals surface area (Å²) in [6.07, 6.45) is 0. The fourth-order valence-corrected chi connectivity index (χ4v) is 2.96. The molecular weight excluding hydrogens is 300 g/mol. The summed E-state index contributed by atoms with van der Waals surface area (Å²) in [5, 5.41) is 0. The number of para-hydroxylation sites is 2. The third kappa shape index (κ3) is 2.18. The molecule has 4 aromatic rings. The number of methoxy groups -OCH3 is 1. The van der Waals surface area contributed by atoms with Gasteiger partial charge in [-0.15, -0.1) is 4.57 Å². The summed E-state index contributed by atoms with van der Waals surface area (Å²) in [6.45, 7) is 0. The van der Waals surface area contributed by atoms with Gasteiger partial charge in [0.2, 0.25) is 11.0 Å². The Kier molecular flexibility index (Phi) is 3.20. The van der Waals surface area contributed by atoms with Gasteiger partial charge in [0.1, 0.15) is 11.0 Å². The largest absolute Gasteiger partial charge is 0.490 e. The molecule has 0 spiro atoms. The zero-order chi connectivity index (χ0) is 16.7. The van der Waals surface area contributed by atoms with E-state index in [2.05, 4.69) is 4.57 Å². The summed E-state index contributed by atoms with van der Waals surface area (Å²) in [7, 11) is 1.66. The maximum atomic E-state index is 6.02. The molecule has 3 aromatic carbocycles. The van der Waals surface area contributed by atoms with Gasteiger partial charge in [0.05, 0.1) is 7.11 Å². The second-order valence-corrected chi connectivity index (χ2v) is 5.62. The van der Waals surface area contributed by atoms with Crippen LogP contribution in [0.15, 0.2) is 60.7 Å². The molecule has 1 aromatic heterocycles. The third-order valence-electron chi connectivity index (χ3n) is 4.05. The lowest BCUT2D eigenvalue weighted by Gasteiger charge is -2.09. The minimum atomic E-state index is 0.677. The molecule has 5 heteroatoms. The van der Waals surface area contributed by atoms with Crippen LogP contribution in [0.3, 0.4) is 0 Å². The molecule has 4 N–H and O–H groups in total. The summed E-state index contributed by atoms with van der Waals surface area (Å²) >= 11 is 0. The smallest absolute Gasteiger partial charge is 0.254 e. The van der Waals surface area contributed by atoms with Crippen molar-refractivity contribution in [3.05, 3.63) is 60.7 Å². The average molecular weight is 317 g/mol. The van der Waals surface area contributed by atoms with Crippen LogP contribution in [-0.4, -0.2) is 12.1 Å². The minimum absolute atomic E-state index is 0.677.